The Bertz CT molecular complexity index is 2740. The Balaban J connectivity index is 0.00000793. The van der Waals surface area contributed by atoms with Gasteiger partial charge in [-0.05, 0) is 93.6 Å². The van der Waals surface area contributed by atoms with E-state index in [-0.39, 0.29) is 85.1 Å². The zero-order chi connectivity index (χ0) is 46.6. The summed E-state index contributed by atoms with van der Waals surface area (Å²) in [6.45, 7) is 8.81. The zero-order valence-corrected chi connectivity index (χ0v) is 41.7. The van der Waals surface area contributed by atoms with Crippen molar-refractivity contribution in [1.82, 2.24) is 5.06 Å². The van der Waals surface area contributed by atoms with Gasteiger partial charge in [-0.2, -0.15) is 4.58 Å². The van der Waals surface area contributed by atoms with Gasteiger partial charge in [0.1, 0.15) is 26.8 Å². The smallest absolute Gasteiger partial charge is 0.744 e. The molecule has 3 aliphatic heterocycles. The molecule has 15 nitrogen and oxygen atoms in total. The van der Waals surface area contributed by atoms with Crippen LogP contribution in [0.5, 0.6) is 0 Å². The van der Waals surface area contributed by atoms with Crippen molar-refractivity contribution in [2.24, 2.45) is 0 Å². The minimum Gasteiger partial charge on any atom is -0.744 e. The number of amides is 2. The largest absolute Gasteiger partial charge is 1.00 e. The van der Waals surface area contributed by atoms with Crippen LogP contribution in [-0.4, -0.2) is 83.2 Å². The number of fused-ring (bicyclic) bond motifs is 3. The molecule has 6 rings (SSSR count). The summed E-state index contributed by atoms with van der Waals surface area (Å²) in [7, 11) is -9.41. The third kappa shape index (κ3) is 11.6. The average Bonchev–Trinajstić information content (AvgIpc) is 3.69. The number of unbranched alkanes of at least 4 members (excludes halogenated alkanes) is 4. The minimum absolute atomic E-state index is 0. The monoisotopic (exact) mass is 951 g/mol. The number of nitrogens with zero attached hydrogens (tertiary/aromatic N) is 3. The Hall–Kier alpha value is -4.37. The van der Waals surface area contributed by atoms with Crippen LogP contribution in [0.2, 0.25) is 0 Å². The molecule has 0 atom stereocenters. The summed E-state index contributed by atoms with van der Waals surface area (Å²) in [6, 6.07) is 14.9. The third-order valence-electron chi connectivity index (χ3n) is 11.7. The molecule has 0 radical (unpaired) electrons. The molecule has 3 aliphatic rings. The van der Waals surface area contributed by atoms with E-state index in [9.17, 15) is 45.1 Å². The molecule has 0 spiro atoms. The first-order valence-electron chi connectivity index (χ1n) is 20.9. The first-order valence-corrected chi connectivity index (χ1v) is 23.7. The van der Waals surface area contributed by atoms with E-state index < -0.39 is 54.8 Å². The van der Waals surface area contributed by atoms with Crippen LogP contribution in [-0.2, 0) is 45.5 Å². The summed E-state index contributed by atoms with van der Waals surface area (Å²) < 4.78 is 73.8. The number of aliphatic carboxylic acids is 1. The van der Waals surface area contributed by atoms with Crippen LogP contribution in [0, 0.1) is 0 Å². The molecule has 0 aromatic heterocycles. The normalized spacial score (nSPS) is 17.1. The van der Waals surface area contributed by atoms with Crippen LogP contribution in [0.1, 0.15) is 111 Å². The van der Waals surface area contributed by atoms with Gasteiger partial charge in [0, 0.05) is 60.3 Å². The van der Waals surface area contributed by atoms with Crippen molar-refractivity contribution in [3.05, 3.63) is 131 Å². The van der Waals surface area contributed by atoms with Crippen molar-refractivity contribution in [3.63, 3.8) is 0 Å². The maximum Gasteiger partial charge on any atom is 1.00 e. The van der Waals surface area contributed by atoms with E-state index >= 15 is 0 Å². The van der Waals surface area contributed by atoms with Gasteiger partial charge in [-0.1, -0.05) is 67.8 Å². The summed E-state index contributed by atoms with van der Waals surface area (Å²) in [5, 5.41) is 9.54. The second kappa shape index (κ2) is 21.1. The second-order valence-corrected chi connectivity index (χ2v) is 19.6. The van der Waals surface area contributed by atoms with Crippen LogP contribution in [0.4, 0.5) is 11.4 Å². The van der Waals surface area contributed by atoms with Crippen molar-refractivity contribution in [1.29, 1.82) is 0 Å². The van der Waals surface area contributed by atoms with Gasteiger partial charge in [0.15, 0.2) is 5.71 Å². The van der Waals surface area contributed by atoms with E-state index in [4.69, 9.17) is 9.94 Å². The Morgan fingerprint density at radius 3 is 1.92 bits per heavy atom. The summed E-state index contributed by atoms with van der Waals surface area (Å²) in [6.07, 6.45) is 16.5. The average molecular weight is 952 g/mol. The number of allylic oxidation sites excluding steroid dienone is 8. The molecule has 0 fully saturated rings. The van der Waals surface area contributed by atoms with Gasteiger partial charge >= 0.3 is 63.3 Å². The molecule has 0 unspecified atom stereocenters. The molecule has 18 heteroatoms. The fourth-order valence-corrected chi connectivity index (χ4v) is 9.42. The Labute approximate surface area is 422 Å². The number of imide groups is 1. The third-order valence-corrected chi connectivity index (χ3v) is 13.4. The molecule has 0 saturated carbocycles. The van der Waals surface area contributed by atoms with Crippen LogP contribution in [0.15, 0.2) is 119 Å². The number of hydroxylamine groups is 2. The van der Waals surface area contributed by atoms with E-state index in [1.54, 1.807) is 24.3 Å². The molecule has 65 heavy (non-hydrogen) atoms. The number of anilines is 1. The van der Waals surface area contributed by atoms with Gasteiger partial charge in [-0.15, -0.1) is 0 Å². The van der Waals surface area contributed by atoms with Crippen LogP contribution < -0.4 is 56.3 Å². The van der Waals surface area contributed by atoms with Crippen LogP contribution in [0.25, 0.3) is 0 Å². The van der Waals surface area contributed by atoms with Crippen molar-refractivity contribution >= 4 is 61.1 Å². The zero-order valence-electron chi connectivity index (χ0n) is 37.0. The van der Waals surface area contributed by atoms with Crippen molar-refractivity contribution < 1.29 is 111 Å². The summed E-state index contributed by atoms with van der Waals surface area (Å²) >= 11 is 0. The molecule has 3 heterocycles. The molecular formula is C47H50KN3O12S2. The van der Waals surface area contributed by atoms with Gasteiger partial charge in [0.25, 0.3) is 11.8 Å². The van der Waals surface area contributed by atoms with Crippen molar-refractivity contribution in [3.8, 4) is 0 Å². The molecule has 1 N–H and O–H groups in total. The molecule has 0 aliphatic carbocycles. The fourth-order valence-electron chi connectivity index (χ4n) is 8.42. The molecule has 2 amide bonds. The van der Waals surface area contributed by atoms with Gasteiger partial charge in [-0.3, -0.25) is 14.4 Å². The van der Waals surface area contributed by atoms with Crippen molar-refractivity contribution in [2.45, 2.75) is 99.7 Å². The van der Waals surface area contributed by atoms with E-state index in [1.165, 1.54) is 36.4 Å². The van der Waals surface area contributed by atoms with Gasteiger partial charge in [0.2, 0.25) is 5.69 Å². The maximum absolute atomic E-state index is 12.6. The molecule has 0 bridgehead atoms. The number of carbonyl (C=O) groups excluding carboxylic acids is 3. The van der Waals surface area contributed by atoms with Crippen LogP contribution >= 0.6 is 0 Å². The van der Waals surface area contributed by atoms with Gasteiger partial charge < -0.3 is 23.9 Å². The fraction of sp³-hybridized carbons (Fsp3) is 0.340. The summed E-state index contributed by atoms with van der Waals surface area (Å²) in [5.41, 5.74) is 3.55. The summed E-state index contributed by atoms with van der Waals surface area (Å²) in [5.74, 6) is -2.96. The summed E-state index contributed by atoms with van der Waals surface area (Å²) in [4.78, 5) is 55.4. The second-order valence-electron chi connectivity index (χ2n) is 16.8. The van der Waals surface area contributed by atoms with E-state index in [1.807, 2.05) is 70.2 Å². The predicted octanol–water partition coefficient (Wildman–Crippen LogP) is 4.19. The predicted molar refractivity (Wildman–Crippen MR) is 235 cm³/mol. The van der Waals surface area contributed by atoms with E-state index in [0.29, 0.717) is 67.8 Å². The first kappa shape index (κ1) is 51.6. The maximum atomic E-state index is 12.6. The number of carboxylic acid groups (broad SMARTS) is 1. The number of benzene rings is 3. The topological polar surface area (TPSA) is 222 Å². The Morgan fingerprint density at radius 1 is 0.723 bits per heavy atom. The Kier molecular flexibility index (Phi) is 16.7. The SMILES string of the molecule is CC1(C)C(/C=C/C=C/C=C/C=C2/N(CCCCCC(=O)ON3C(=O)c4ccccc4C3=O)c3ccc(S(=O)(=O)[O-])cc3C2(C)C)=[N+](CCCCCC(=O)O)c2ccc(S(=O)(=O)[O-])cc21.[K+]. The number of rotatable bonds is 19. The number of carbonyl (C=O) groups is 4. The number of carboxylic acids is 1. The molecule has 3 aromatic rings. The molecule has 338 valence electrons. The number of hydrogen-bond donors (Lipinski definition) is 1. The van der Waals surface area contributed by atoms with Gasteiger partial charge in [0.05, 0.1) is 26.3 Å². The standard InChI is InChI=1S/C47H51N3O12S2.K/c1-46(2)36-30-32(63(56,57)58)24-26-38(36)48(28-16-8-12-22-42(51)52)40(46)20-10-6-5-7-11-21-41-47(3,4)37-31-33(64(59,60)61)25-27-39(37)49(41)29-17-9-13-23-43(53)62-50-44(54)34-18-14-15-19-35(34)45(50)55;/h5-7,10-11,14-15,18-21,24-27,30-31H,8-9,12-13,16-17,22-23,28-29H2,1-4H3,(H2-,51,52,56,57,58,59,60,61);/q;+1/p-1. The quantitative estimate of drug-likeness (QED) is 0.0446. The molecular weight excluding hydrogens is 902 g/mol. The number of hydrogen-bond acceptors (Lipinski definition) is 12. The van der Waals surface area contributed by atoms with Crippen LogP contribution in [0.3, 0.4) is 0 Å². The van der Waals surface area contributed by atoms with E-state index in [2.05, 4.69) is 9.48 Å². The molecule has 3 aromatic carbocycles. The van der Waals surface area contributed by atoms with E-state index in [0.717, 1.165) is 22.8 Å². The molecule has 0 saturated heterocycles. The minimum atomic E-state index is -4.72. The Morgan fingerprint density at radius 2 is 1.29 bits per heavy atom. The first-order chi connectivity index (χ1) is 30.1. The van der Waals surface area contributed by atoms with Crippen molar-refractivity contribution in [2.75, 3.05) is 18.0 Å². The van der Waals surface area contributed by atoms with Gasteiger partial charge in [-0.25, -0.2) is 21.6 Å².